The van der Waals surface area contributed by atoms with E-state index in [2.05, 4.69) is 4.74 Å². The third-order valence-corrected chi connectivity index (χ3v) is 5.05. The van der Waals surface area contributed by atoms with Gasteiger partial charge in [-0.05, 0) is 42.8 Å². The second kappa shape index (κ2) is 9.68. The van der Waals surface area contributed by atoms with Gasteiger partial charge in [-0.15, -0.1) is 0 Å². The minimum atomic E-state index is -2.36. The van der Waals surface area contributed by atoms with E-state index < -0.39 is 52.7 Å². The molecule has 1 atom stereocenters. The SMILES string of the molecule is COc1cccc(/C=C2\Oc3cc(OC(=O)C(C)Oc4c(F)c(F)c(F)c(F)c4F)ccc3C2=O)c1. The van der Waals surface area contributed by atoms with Crippen molar-refractivity contribution in [1.82, 2.24) is 0 Å². The van der Waals surface area contributed by atoms with Gasteiger partial charge in [0.15, 0.2) is 17.6 Å². The number of benzene rings is 3. The minimum Gasteiger partial charge on any atom is -0.497 e. The molecule has 0 radical (unpaired) electrons. The van der Waals surface area contributed by atoms with Gasteiger partial charge in [0.1, 0.15) is 17.2 Å². The van der Waals surface area contributed by atoms with Crippen LogP contribution in [0.1, 0.15) is 22.8 Å². The molecule has 1 unspecified atom stereocenters. The van der Waals surface area contributed by atoms with Crippen LogP contribution in [0.2, 0.25) is 0 Å². The normalized spacial score (nSPS) is 14.3. The minimum absolute atomic E-state index is 0.00439. The van der Waals surface area contributed by atoms with Gasteiger partial charge >= 0.3 is 5.97 Å². The third-order valence-electron chi connectivity index (χ3n) is 5.05. The van der Waals surface area contributed by atoms with Crippen molar-refractivity contribution in [2.75, 3.05) is 7.11 Å². The van der Waals surface area contributed by atoms with Crippen LogP contribution < -0.4 is 18.9 Å². The number of esters is 1. The maximum Gasteiger partial charge on any atom is 0.352 e. The first-order chi connectivity index (χ1) is 17.1. The van der Waals surface area contributed by atoms with E-state index in [1.54, 1.807) is 24.3 Å². The molecule has 0 aromatic heterocycles. The Balaban J connectivity index is 1.49. The summed E-state index contributed by atoms with van der Waals surface area (Å²) in [6.07, 6.45) is -0.270. The Bertz CT molecular complexity index is 1390. The molecule has 0 saturated heterocycles. The van der Waals surface area contributed by atoms with E-state index in [1.165, 1.54) is 31.4 Å². The van der Waals surface area contributed by atoms with Crippen LogP contribution in [0.4, 0.5) is 22.0 Å². The highest BCUT2D eigenvalue weighted by Crippen LogP contribution is 2.35. The fourth-order valence-electron chi connectivity index (χ4n) is 3.23. The Morgan fingerprint density at radius 1 is 0.917 bits per heavy atom. The van der Waals surface area contributed by atoms with Crippen LogP contribution >= 0.6 is 0 Å². The Morgan fingerprint density at radius 3 is 2.25 bits per heavy atom. The number of allylic oxidation sites excluding steroid dienone is 1. The van der Waals surface area contributed by atoms with Crippen LogP contribution in [0.5, 0.6) is 23.0 Å². The van der Waals surface area contributed by atoms with Crippen molar-refractivity contribution < 1.29 is 50.5 Å². The van der Waals surface area contributed by atoms with Crippen molar-refractivity contribution in [3.63, 3.8) is 0 Å². The lowest BCUT2D eigenvalue weighted by atomic mass is 10.1. The maximum atomic E-state index is 13.8. The van der Waals surface area contributed by atoms with Gasteiger partial charge in [0.2, 0.25) is 34.9 Å². The fraction of sp³-hybridized carbons (Fsp3) is 0.120. The molecule has 0 saturated carbocycles. The molecule has 0 bridgehead atoms. The van der Waals surface area contributed by atoms with Gasteiger partial charge in [-0.2, -0.15) is 8.78 Å². The zero-order chi connectivity index (χ0) is 26.1. The van der Waals surface area contributed by atoms with E-state index in [1.807, 2.05) is 0 Å². The second-order valence-electron chi connectivity index (χ2n) is 7.45. The zero-order valence-corrected chi connectivity index (χ0v) is 18.5. The first-order valence-electron chi connectivity index (χ1n) is 10.2. The van der Waals surface area contributed by atoms with E-state index in [0.29, 0.717) is 11.3 Å². The molecule has 11 heteroatoms. The average molecular weight is 506 g/mol. The maximum absolute atomic E-state index is 13.8. The number of carbonyl (C=O) groups is 2. The van der Waals surface area contributed by atoms with Gasteiger partial charge in [-0.25, -0.2) is 18.0 Å². The summed E-state index contributed by atoms with van der Waals surface area (Å²) in [6.45, 7) is 0.989. The standard InChI is InChI=1S/C25H15F5O6/c1-11(34-24-21(29)19(27)18(26)20(28)22(24)30)25(32)35-14-6-7-15-16(10-14)36-17(23(15)31)9-12-4-3-5-13(8-12)33-2/h3-11H,1-2H3/b17-9-. The molecule has 1 aliphatic heterocycles. The Morgan fingerprint density at radius 2 is 1.58 bits per heavy atom. The first kappa shape index (κ1) is 24.7. The molecule has 3 aromatic rings. The summed E-state index contributed by atoms with van der Waals surface area (Å²) in [5, 5.41) is 0. The van der Waals surface area contributed by atoms with E-state index in [4.69, 9.17) is 14.2 Å². The fourth-order valence-corrected chi connectivity index (χ4v) is 3.23. The van der Waals surface area contributed by atoms with Crippen LogP contribution in [-0.2, 0) is 4.79 Å². The molecular formula is C25H15F5O6. The molecule has 3 aromatic carbocycles. The molecule has 4 rings (SSSR count). The van der Waals surface area contributed by atoms with Crippen LogP contribution in [0.25, 0.3) is 6.08 Å². The number of ketones is 1. The number of Topliss-reactive ketones (excluding diaryl/α,β-unsaturated/α-hetero) is 1. The summed E-state index contributed by atoms with van der Waals surface area (Å²) in [5.74, 6) is -14.0. The molecule has 0 spiro atoms. The van der Waals surface area contributed by atoms with Gasteiger partial charge in [-0.3, -0.25) is 4.79 Å². The third kappa shape index (κ3) is 4.59. The van der Waals surface area contributed by atoms with E-state index in [0.717, 1.165) is 6.92 Å². The van der Waals surface area contributed by atoms with Crippen molar-refractivity contribution in [2.24, 2.45) is 0 Å². The molecule has 36 heavy (non-hydrogen) atoms. The number of rotatable bonds is 6. The number of halogens is 5. The van der Waals surface area contributed by atoms with Gasteiger partial charge in [0, 0.05) is 6.07 Å². The number of hydrogen-bond acceptors (Lipinski definition) is 6. The first-order valence-corrected chi connectivity index (χ1v) is 10.2. The quantitative estimate of drug-likeness (QED) is 0.112. The number of ether oxygens (including phenoxy) is 4. The highest BCUT2D eigenvalue weighted by molar-refractivity contribution is 6.14. The van der Waals surface area contributed by atoms with Crippen molar-refractivity contribution in [3.8, 4) is 23.0 Å². The monoisotopic (exact) mass is 506 g/mol. The lowest BCUT2D eigenvalue weighted by Gasteiger charge is -2.15. The molecular weight excluding hydrogens is 491 g/mol. The highest BCUT2D eigenvalue weighted by Gasteiger charge is 2.31. The van der Waals surface area contributed by atoms with Crippen molar-refractivity contribution in [1.29, 1.82) is 0 Å². The highest BCUT2D eigenvalue weighted by atomic mass is 19.2. The molecule has 186 valence electrons. The summed E-state index contributed by atoms with van der Waals surface area (Å²) in [7, 11) is 1.50. The smallest absolute Gasteiger partial charge is 0.352 e. The van der Waals surface area contributed by atoms with Gasteiger partial charge < -0.3 is 18.9 Å². The lowest BCUT2D eigenvalue weighted by molar-refractivity contribution is -0.141. The topological polar surface area (TPSA) is 71.1 Å². The molecule has 6 nitrogen and oxygen atoms in total. The summed E-state index contributed by atoms with van der Waals surface area (Å²) in [4.78, 5) is 25.0. The van der Waals surface area contributed by atoms with E-state index in [9.17, 15) is 31.5 Å². The summed E-state index contributed by atoms with van der Waals surface area (Å²) in [5.41, 5.74) is 0.825. The Hall–Kier alpha value is -4.41. The van der Waals surface area contributed by atoms with Crippen molar-refractivity contribution in [2.45, 2.75) is 13.0 Å². The molecule has 0 amide bonds. The summed E-state index contributed by atoms with van der Waals surface area (Å²) < 4.78 is 88.0. The Kier molecular flexibility index (Phi) is 6.65. The van der Waals surface area contributed by atoms with Crippen LogP contribution in [-0.4, -0.2) is 25.0 Å². The lowest BCUT2D eigenvalue weighted by Crippen LogP contribution is -2.29. The van der Waals surface area contributed by atoms with E-state index >= 15 is 0 Å². The average Bonchev–Trinajstić information content (AvgIpc) is 3.18. The number of fused-ring (bicyclic) bond motifs is 1. The number of hydrogen-bond donors (Lipinski definition) is 0. The molecule has 0 fully saturated rings. The molecule has 1 aliphatic rings. The van der Waals surface area contributed by atoms with Crippen molar-refractivity contribution in [3.05, 3.63) is 88.4 Å². The zero-order valence-electron chi connectivity index (χ0n) is 18.5. The second-order valence-corrected chi connectivity index (χ2v) is 7.45. The predicted molar refractivity (Wildman–Crippen MR) is 114 cm³/mol. The number of methoxy groups -OCH3 is 1. The molecule has 0 N–H and O–H groups in total. The van der Waals surface area contributed by atoms with Crippen LogP contribution in [0.15, 0.2) is 48.2 Å². The van der Waals surface area contributed by atoms with Crippen molar-refractivity contribution >= 4 is 17.8 Å². The predicted octanol–water partition coefficient (Wildman–Crippen LogP) is 5.38. The summed E-state index contributed by atoms with van der Waals surface area (Å²) in [6, 6.07) is 10.7. The van der Waals surface area contributed by atoms with Gasteiger partial charge in [-0.1, -0.05) is 12.1 Å². The van der Waals surface area contributed by atoms with Gasteiger partial charge in [0.05, 0.1) is 12.7 Å². The van der Waals surface area contributed by atoms with Gasteiger partial charge in [0.25, 0.3) is 0 Å². The van der Waals surface area contributed by atoms with Crippen LogP contribution in [0, 0.1) is 29.1 Å². The molecule has 1 heterocycles. The largest absolute Gasteiger partial charge is 0.497 e. The Labute approximate surface area is 200 Å². The molecule has 0 aliphatic carbocycles. The van der Waals surface area contributed by atoms with E-state index in [-0.39, 0.29) is 22.8 Å². The summed E-state index contributed by atoms with van der Waals surface area (Å²) >= 11 is 0. The van der Waals surface area contributed by atoms with Crippen LogP contribution in [0.3, 0.4) is 0 Å². The number of carbonyl (C=O) groups excluding carboxylic acids is 2.